The molecule has 0 spiro atoms. The van der Waals surface area contributed by atoms with Gasteiger partial charge in [0.1, 0.15) is 0 Å². The average molecular weight is 644 g/mol. The summed E-state index contributed by atoms with van der Waals surface area (Å²) in [4.78, 5) is 15.3. The van der Waals surface area contributed by atoms with E-state index < -0.39 is 0 Å². The van der Waals surface area contributed by atoms with E-state index in [2.05, 4.69) is 158 Å². The van der Waals surface area contributed by atoms with Crippen LogP contribution in [0, 0.1) is 0 Å². The van der Waals surface area contributed by atoms with E-state index in [1.54, 1.807) is 0 Å². The first-order valence-electron chi connectivity index (χ1n) is 16.4. The highest BCUT2D eigenvalue weighted by atomic mass is 32.1. The van der Waals surface area contributed by atoms with Crippen LogP contribution in [0.4, 0.5) is 0 Å². The number of nitrogens with zero attached hydrogens (tertiary/aromatic N) is 3. The van der Waals surface area contributed by atoms with Crippen LogP contribution in [0.1, 0.15) is 0 Å². The molecular weight excluding hydrogens is 615 g/mol. The quantitative estimate of drug-likeness (QED) is 0.181. The molecule has 2 aromatic heterocycles. The first-order chi connectivity index (χ1) is 24.3. The van der Waals surface area contributed by atoms with Crippen molar-refractivity contribution < 1.29 is 0 Å². The van der Waals surface area contributed by atoms with Crippen LogP contribution >= 0.6 is 11.3 Å². The van der Waals surface area contributed by atoms with Crippen molar-refractivity contribution >= 4 is 31.5 Å². The van der Waals surface area contributed by atoms with Crippen LogP contribution in [0.25, 0.3) is 87.7 Å². The number of benzene rings is 7. The predicted octanol–water partition coefficient (Wildman–Crippen LogP) is 12.2. The summed E-state index contributed by atoms with van der Waals surface area (Å²) in [6, 6.07) is 61.5. The van der Waals surface area contributed by atoms with Gasteiger partial charge in [-0.15, -0.1) is 11.3 Å². The van der Waals surface area contributed by atoms with Gasteiger partial charge in [-0.25, -0.2) is 15.0 Å². The van der Waals surface area contributed by atoms with Gasteiger partial charge >= 0.3 is 0 Å². The average Bonchev–Trinajstić information content (AvgIpc) is 3.58. The Morgan fingerprint density at radius 1 is 0.306 bits per heavy atom. The lowest BCUT2D eigenvalue weighted by Crippen LogP contribution is -2.01. The van der Waals surface area contributed by atoms with E-state index in [1.165, 1.54) is 31.3 Å². The number of aromatic nitrogens is 3. The molecule has 0 aliphatic carbocycles. The zero-order chi connectivity index (χ0) is 32.6. The minimum Gasteiger partial charge on any atom is -0.208 e. The molecule has 0 atom stereocenters. The fraction of sp³-hybridized carbons (Fsp3) is 0. The molecule has 3 nitrogen and oxygen atoms in total. The summed E-state index contributed by atoms with van der Waals surface area (Å²) in [5, 5.41) is 2.60. The van der Waals surface area contributed by atoms with E-state index in [4.69, 9.17) is 15.0 Å². The predicted molar refractivity (Wildman–Crippen MR) is 205 cm³/mol. The summed E-state index contributed by atoms with van der Waals surface area (Å²) >= 11 is 1.85. The highest BCUT2D eigenvalue weighted by Crippen LogP contribution is 2.40. The third-order valence-corrected chi connectivity index (χ3v) is 10.2. The lowest BCUT2D eigenvalue weighted by molar-refractivity contribution is 1.07. The van der Waals surface area contributed by atoms with Crippen molar-refractivity contribution in [2.45, 2.75) is 0 Å². The van der Waals surface area contributed by atoms with Gasteiger partial charge in [0.05, 0.1) is 0 Å². The Kier molecular flexibility index (Phi) is 7.34. The summed E-state index contributed by atoms with van der Waals surface area (Å²) < 4.78 is 2.61. The van der Waals surface area contributed by atoms with Crippen molar-refractivity contribution in [3.8, 4) is 67.5 Å². The number of hydrogen-bond acceptors (Lipinski definition) is 4. The molecule has 0 aliphatic heterocycles. The Labute approximate surface area is 288 Å². The Hall–Kier alpha value is -6.23. The summed E-state index contributed by atoms with van der Waals surface area (Å²) in [5.41, 5.74) is 9.71. The zero-order valence-corrected chi connectivity index (χ0v) is 27.3. The maximum Gasteiger partial charge on any atom is 0.164 e. The van der Waals surface area contributed by atoms with Gasteiger partial charge < -0.3 is 0 Å². The molecule has 9 rings (SSSR count). The summed E-state index contributed by atoms with van der Waals surface area (Å²) in [7, 11) is 0. The minimum absolute atomic E-state index is 0.639. The maximum absolute atomic E-state index is 5.13. The highest BCUT2D eigenvalue weighted by molar-refractivity contribution is 7.26. The fourth-order valence-corrected chi connectivity index (χ4v) is 7.78. The molecule has 0 unspecified atom stereocenters. The lowest BCUT2D eigenvalue weighted by Gasteiger charge is -2.13. The monoisotopic (exact) mass is 643 g/mol. The van der Waals surface area contributed by atoms with E-state index >= 15 is 0 Å². The highest BCUT2D eigenvalue weighted by Gasteiger charge is 2.17. The van der Waals surface area contributed by atoms with Crippen molar-refractivity contribution in [2.75, 3.05) is 0 Å². The number of fused-ring (bicyclic) bond motifs is 3. The van der Waals surface area contributed by atoms with Crippen molar-refractivity contribution in [3.63, 3.8) is 0 Å². The van der Waals surface area contributed by atoms with E-state index in [0.29, 0.717) is 17.5 Å². The van der Waals surface area contributed by atoms with Crippen molar-refractivity contribution in [1.82, 2.24) is 15.0 Å². The first kappa shape index (κ1) is 29.0. The Morgan fingerprint density at radius 3 is 1.61 bits per heavy atom. The van der Waals surface area contributed by atoms with E-state index in [1.807, 2.05) is 29.5 Å². The maximum atomic E-state index is 5.13. The van der Waals surface area contributed by atoms with Crippen LogP contribution in [0.2, 0.25) is 0 Å². The second-order valence-electron chi connectivity index (χ2n) is 12.0. The number of thiophene rings is 1. The number of hydrogen-bond donors (Lipinski definition) is 0. The lowest BCUT2D eigenvalue weighted by atomic mass is 9.99. The van der Waals surface area contributed by atoms with Gasteiger partial charge in [0.15, 0.2) is 17.5 Å². The standard InChI is InChI=1S/C45H29N3S/c1-3-13-30(14-4-1)34-17-11-18-35(29-34)44-46-43(47-45(48-44)40-21-8-7-19-36(40)31-15-5-2-6-16-31)33-27-25-32(26-28-33)37-22-12-23-39-38-20-9-10-24-41(38)49-42(37)39/h1-29H. The molecule has 0 fully saturated rings. The second-order valence-corrected chi connectivity index (χ2v) is 13.1. The van der Waals surface area contributed by atoms with Crippen molar-refractivity contribution in [1.29, 1.82) is 0 Å². The van der Waals surface area contributed by atoms with Gasteiger partial charge in [0, 0.05) is 36.9 Å². The zero-order valence-electron chi connectivity index (χ0n) is 26.5. The molecule has 0 N–H and O–H groups in total. The van der Waals surface area contributed by atoms with E-state index in [-0.39, 0.29) is 0 Å². The Bertz CT molecular complexity index is 2590. The molecule has 9 aromatic rings. The molecule has 2 heterocycles. The topological polar surface area (TPSA) is 38.7 Å². The van der Waals surface area contributed by atoms with Crippen LogP contribution in [0.5, 0.6) is 0 Å². The van der Waals surface area contributed by atoms with E-state index in [9.17, 15) is 0 Å². The molecule has 0 saturated carbocycles. The molecular formula is C45H29N3S. The van der Waals surface area contributed by atoms with Gasteiger partial charge in [-0.3, -0.25) is 0 Å². The third kappa shape index (κ3) is 5.48. The van der Waals surface area contributed by atoms with Crippen LogP contribution < -0.4 is 0 Å². The van der Waals surface area contributed by atoms with Gasteiger partial charge in [-0.2, -0.15) is 0 Å². The van der Waals surface area contributed by atoms with Gasteiger partial charge in [0.25, 0.3) is 0 Å². The van der Waals surface area contributed by atoms with Crippen LogP contribution in [-0.2, 0) is 0 Å². The molecule has 0 aliphatic rings. The minimum atomic E-state index is 0.639. The molecule has 0 bridgehead atoms. The van der Waals surface area contributed by atoms with Crippen molar-refractivity contribution in [2.24, 2.45) is 0 Å². The Balaban J connectivity index is 1.18. The molecule has 4 heteroatoms. The van der Waals surface area contributed by atoms with Gasteiger partial charge in [-0.05, 0) is 45.5 Å². The third-order valence-electron chi connectivity index (χ3n) is 8.97. The molecule has 7 aromatic carbocycles. The Morgan fingerprint density at radius 2 is 0.816 bits per heavy atom. The van der Waals surface area contributed by atoms with Crippen molar-refractivity contribution in [3.05, 3.63) is 176 Å². The fourth-order valence-electron chi connectivity index (χ4n) is 6.54. The van der Waals surface area contributed by atoms with Crippen LogP contribution in [0.3, 0.4) is 0 Å². The second kappa shape index (κ2) is 12.4. The number of rotatable bonds is 6. The van der Waals surface area contributed by atoms with Crippen LogP contribution in [-0.4, -0.2) is 15.0 Å². The molecule has 0 radical (unpaired) electrons. The molecule has 49 heavy (non-hydrogen) atoms. The molecule has 0 saturated heterocycles. The molecule has 0 amide bonds. The van der Waals surface area contributed by atoms with Gasteiger partial charge in [-0.1, -0.05) is 164 Å². The first-order valence-corrected chi connectivity index (χ1v) is 17.2. The molecule has 230 valence electrons. The normalized spacial score (nSPS) is 11.3. The summed E-state index contributed by atoms with van der Waals surface area (Å²) in [6.45, 7) is 0. The SMILES string of the molecule is c1ccc(-c2cccc(-c3nc(-c4ccc(-c5cccc6c5sc5ccccc56)cc4)nc(-c4ccccc4-c4ccccc4)n3)c2)cc1. The smallest absolute Gasteiger partial charge is 0.164 e. The summed E-state index contributed by atoms with van der Waals surface area (Å²) in [5.74, 6) is 1.92. The van der Waals surface area contributed by atoms with Crippen LogP contribution in [0.15, 0.2) is 176 Å². The van der Waals surface area contributed by atoms with Gasteiger partial charge in [0.2, 0.25) is 0 Å². The van der Waals surface area contributed by atoms with E-state index in [0.717, 1.165) is 38.9 Å². The summed E-state index contributed by atoms with van der Waals surface area (Å²) in [6.07, 6.45) is 0. The largest absolute Gasteiger partial charge is 0.208 e.